The highest BCUT2D eigenvalue weighted by Crippen LogP contribution is 2.28. The summed E-state index contributed by atoms with van der Waals surface area (Å²) in [7, 11) is -1.23. The molecule has 1 saturated heterocycles. The summed E-state index contributed by atoms with van der Waals surface area (Å²) in [5, 5.41) is 13.2. The van der Waals surface area contributed by atoms with Crippen molar-refractivity contribution < 1.29 is 33.0 Å². The lowest BCUT2D eigenvalue weighted by atomic mass is 10.0. The number of nitrogens with zero attached hydrogens (tertiary/aromatic N) is 2. The molecule has 2 heterocycles. The van der Waals surface area contributed by atoms with Gasteiger partial charge >= 0.3 is 5.97 Å². The van der Waals surface area contributed by atoms with Crippen molar-refractivity contribution in [1.82, 2.24) is 15.6 Å². The number of aromatic nitrogens is 1. The summed E-state index contributed by atoms with van der Waals surface area (Å²) in [6.07, 6.45) is 0.737. The first-order valence-electron chi connectivity index (χ1n) is 13.3. The number of halogens is 1. The second-order valence-electron chi connectivity index (χ2n) is 10.2. The average molecular weight is 660 g/mol. The van der Waals surface area contributed by atoms with Crippen molar-refractivity contribution >= 4 is 68.3 Å². The maximum absolute atomic E-state index is 13.4. The number of amides is 3. The van der Waals surface area contributed by atoms with Crippen molar-refractivity contribution in [3.05, 3.63) is 82.9 Å². The Morgan fingerprint density at radius 2 is 1.73 bits per heavy atom. The van der Waals surface area contributed by atoms with Crippen LogP contribution in [0.3, 0.4) is 0 Å². The van der Waals surface area contributed by atoms with Crippen molar-refractivity contribution in [3.8, 4) is 0 Å². The van der Waals surface area contributed by atoms with Crippen molar-refractivity contribution in [3.63, 3.8) is 0 Å². The number of benzene rings is 2. The van der Waals surface area contributed by atoms with E-state index in [0.717, 1.165) is 22.5 Å². The monoisotopic (exact) mass is 659 g/mol. The summed E-state index contributed by atoms with van der Waals surface area (Å²) in [5.74, 6) is -2.75. The predicted molar refractivity (Wildman–Crippen MR) is 167 cm³/mol. The van der Waals surface area contributed by atoms with Gasteiger partial charge in [0.2, 0.25) is 17.4 Å². The fourth-order valence-corrected chi connectivity index (χ4v) is 5.60. The van der Waals surface area contributed by atoms with Crippen molar-refractivity contribution in [1.29, 1.82) is 0 Å². The van der Waals surface area contributed by atoms with Gasteiger partial charge < -0.3 is 25.5 Å². The Kier molecular flexibility index (Phi) is 10.8. The molecule has 0 spiro atoms. The lowest BCUT2D eigenvalue weighted by Gasteiger charge is -2.36. The Labute approximate surface area is 265 Å². The number of nitrogens with one attached hydrogen (secondary N) is 3. The van der Waals surface area contributed by atoms with Crippen LogP contribution in [0.15, 0.2) is 71.2 Å². The summed E-state index contributed by atoms with van der Waals surface area (Å²) >= 11 is 6.56. The molecule has 1 unspecified atom stereocenters. The fourth-order valence-electron chi connectivity index (χ4n) is 4.04. The third-order valence-electron chi connectivity index (χ3n) is 6.33. The maximum Gasteiger partial charge on any atom is 0.353 e. The van der Waals surface area contributed by atoms with E-state index in [9.17, 15) is 23.4 Å². The van der Waals surface area contributed by atoms with Crippen LogP contribution in [-0.2, 0) is 39.6 Å². The van der Waals surface area contributed by atoms with E-state index in [1.54, 1.807) is 0 Å². The number of carbonyl (C=O) groups is 4. The largest absolute Gasteiger partial charge is 0.450 e. The minimum atomic E-state index is -1.69. The number of carbonyl (C=O) groups excluding carboxylic acids is 4. The quantitative estimate of drug-likeness (QED) is 0.0828. The van der Waals surface area contributed by atoms with Gasteiger partial charge in [0, 0.05) is 28.2 Å². The number of ether oxygens (including phenoxy) is 1. The number of esters is 1. The van der Waals surface area contributed by atoms with Gasteiger partial charge in [-0.3, -0.25) is 18.6 Å². The summed E-state index contributed by atoms with van der Waals surface area (Å²) in [5.41, 5.74) is -0.576. The van der Waals surface area contributed by atoms with Crippen molar-refractivity contribution in [2.24, 2.45) is 5.16 Å². The number of anilines is 1. The fraction of sp³-hybridized carbons (Fsp3) is 0.310. The third-order valence-corrected chi connectivity index (χ3v) is 8.16. The van der Waals surface area contributed by atoms with Gasteiger partial charge in [0.1, 0.15) is 17.6 Å². The molecule has 0 saturated carbocycles. The van der Waals surface area contributed by atoms with E-state index in [2.05, 4.69) is 26.1 Å². The van der Waals surface area contributed by atoms with Crippen LogP contribution in [-0.4, -0.2) is 74.2 Å². The van der Waals surface area contributed by atoms with Crippen LogP contribution in [0.5, 0.6) is 0 Å². The van der Waals surface area contributed by atoms with Gasteiger partial charge in [-0.05, 0) is 25.0 Å². The van der Waals surface area contributed by atoms with Crippen LogP contribution in [0.2, 0.25) is 0 Å². The minimum Gasteiger partial charge on any atom is -0.450 e. The van der Waals surface area contributed by atoms with Gasteiger partial charge in [-0.15, -0.1) is 22.9 Å². The number of oxime groups is 1. The lowest BCUT2D eigenvalue weighted by Crippen LogP contribution is -2.71. The molecule has 0 radical (unpaired) electrons. The Morgan fingerprint density at radius 1 is 1.11 bits per heavy atom. The Bertz CT molecular complexity index is 1530. The molecule has 44 heavy (non-hydrogen) atoms. The van der Waals surface area contributed by atoms with Crippen LogP contribution in [0.25, 0.3) is 0 Å². The van der Waals surface area contributed by atoms with E-state index in [-0.39, 0.29) is 28.2 Å². The summed E-state index contributed by atoms with van der Waals surface area (Å²) in [6.45, 7) is 2.86. The van der Waals surface area contributed by atoms with Gasteiger partial charge in [0.05, 0.1) is 6.04 Å². The smallest absolute Gasteiger partial charge is 0.353 e. The SMILES string of the molecule is CS(=O)C[C@@H]1NC(=O)[C@@H]1NC(=O)C(=NOC(C)(C)C(=O)OC(c1ccccc1)c1ccccc1)c1csc(NC(=O)CCl)n1. The zero-order valence-electron chi connectivity index (χ0n) is 23.9. The van der Waals surface area contributed by atoms with E-state index in [1.165, 1.54) is 25.5 Å². The van der Waals surface area contributed by atoms with E-state index in [4.69, 9.17) is 21.2 Å². The highest BCUT2D eigenvalue weighted by atomic mass is 35.5. The predicted octanol–water partition coefficient (Wildman–Crippen LogP) is 2.51. The van der Waals surface area contributed by atoms with E-state index >= 15 is 0 Å². The number of rotatable bonds is 13. The topological polar surface area (TPSA) is 165 Å². The summed E-state index contributed by atoms with van der Waals surface area (Å²) in [4.78, 5) is 60.6. The zero-order valence-corrected chi connectivity index (χ0v) is 26.3. The number of β-lactam (4-membered cyclic amide) rings is 1. The first kappa shape index (κ1) is 32.8. The molecule has 1 aliphatic rings. The van der Waals surface area contributed by atoms with Gasteiger partial charge in [-0.2, -0.15) is 0 Å². The highest BCUT2D eigenvalue weighted by Gasteiger charge is 2.42. The van der Waals surface area contributed by atoms with Gasteiger partial charge in [-0.25, -0.2) is 9.78 Å². The lowest BCUT2D eigenvalue weighted by molar-refractivity contribution is -0.172. The maximum atomic E-state index is 13.4. The van der Waals surface area contributed by atoms with Gasteiger partial charge in [-0.1, -0.05) is 65.8 Å². The standard InChI is InChI=1S/C29H30ClN5O7S2/c1-29(2,27(39)41-24(17-10-6-4-7-11-17)18-12-8-5-9-13-18)42-35-23(19-15-43-28(32-19)33-21(36)14-30)26(38)34-22-20(16-44(3)40)31-25(22)37/h4-13,15,20,22,24H,14,16H2,1-3H3,(H,31,37)(H,34,38)(H,32,33,36)/t20-,22+,44?/m0/s1. The molecule has 0 bridgehead atoms. The minimum absolute atomic E-state index is 0.00309. The van der Waals surface area contributed by atoms with Crippen LogP contribution in [0, 0.1) is 0 Å². The van der Waals surface area contributed by atoms with Crippen molar-refractivity contribution in [2.75, 3.05) is 23.2 Å². The Morgan fingerprint density at radius 3 is 2.27 bits per heavy atom. The Balaban J connectivity index is 1.58. The molecular formula is C29H30ClN5O7S2. The van der Waals surface area contributed by atoms with E-state index < -0.39 is 58.3 Å². The molecule has 2 aromatic carbocycles. The molecule has 1 aliphatic heterocycles. The van der Waals surface area contributed by atoms with Crippen LogP contribution >= 0.6 is 22.9 Å². The molecule has 15 heteroatoms. The van der Waals surface area contributed by atoms with Crippen molar-refractivity contribution in [2.45, 2.75) is 37.6 Å². The summed E-state index contributed by atoms with van der Waals surface area (Å²) in [6, 6.07) is 16.8. The first-order chi connectivity index (χ1) is 21.0. The molecule has 1 aromatic heterocycles. The molecule has 0 aliphatic carbocycles. The number of hydrogen-bond acceptors (Lipinski definition) is 10. The van der Waals surface area contributed by atoms with Crippen LogP contribution in [0.1, 0.15) is 36.8 Å². The molecule has 12 nitrogen and oxygen atoms in total. The zero-order chi connectivity index (χ0) is 31.9. The molecule has 3 amide bonds. The molecule has 3 aromatic rings. The molecule has 232 valence electrons. The normalized spacial score (nSPS) is 17.2. The molecule has 1 fully saturated rings. The second kappa shape index (κ2) is 14.6. The van der Waals surface area contributed by atoms with E-state index in [0.29, 0.717) is 0 Å². The number of hydrogen-bond donors (Lipinski definition) is 3. The first-order valence-corrected chi connectivity index (χ1v) is 16.4. The van der Waals surface area contributed by atoms with Crippen LogP contribution in [0.4, 0.5) is 5.13 Å². The van der Waals surface area contributed by atoms with E-state index in [1.807, 2.05) is 60.7 Å². The molecule has 4 rings (SSSR count). The summed E-state index contributed by atoms with van der Waals surface area (Å²) < 4.78 is 17.6. The van der Waals surface area contributed by atoms with Gasteiger partial charge in [0.15, 0.2) is 16.9 Å². The Hall–Kier alpha value is -4.14. The van der Waals surface area contributed by atoms with Gasteiger partial charge in [0.25, 0.3) is 5.91 Å². The number of thiazole rings is 1. The number of alkyl halides is 1. The molecular weight excluding hydrogens is 630 g/mol. The molecule has 3 atom stereocenters. The van der Waals surface area contributed by atoms with Crippen LogP contribution < -0.4 is 16.0 Å². The highest BCUT2D eigenvalue weighted by molar-refractivity contribution is 7.84. The molecule has 3 N–H and O–H groups in total. The second-order valence-corrected chi connectivity index (χ2v) is 12.8. The average Bonchev–Trinajstić information content (AvgIpc) is 3.46. The third kappa shape index (κ3) is 8.27.